The number of halogens is 2. The van der Waals surface area contributed by atoms with Crippen molar-refractivity contribution >= 4 is 46.3 Å². The second-order valence-electron chi connectivity index (χ2n) is 9.69. The van der Waals surface area contributed by atoms with Crippen molar-refractivity contribution in [3.8, 4) is 22.3 Å². The number of hydrogen-bond acceptors (Lipinski definition) is 0. The number of aryl methyl sites for hydroxylation is 2. The molecule has 1 unspecified atom stereocenters. The van der Waals surface area contributed by atoms with Gasteiger partial charge in [0.2, 0.25) is 0 Å². The van der Waals surface area contributed by atoms with Crippen molar-refractivity contribution < 1.29 is 17.9 Å². The van der Waals surface area contributed by atoms with E-state index in [1.165, 1.54) is 63.7 Å². The van der Waals surface area contributed by atoms with E-state index in [0.717, 1.165) is 0 Å². The van der Waals surface area contributed by atoms with Crippen LogP contribution in [0.3, 0.4) is 0 Å². The SMILES string of the molecule is CC1=Cc2c(ccc(C)c2-c2ccccc2C)[CH]1[Zr]([Cl])([Cl])[c]1cccc2c1[SiH2]c1ccccc1-2. The van der Waals surface area contributed by atoms with Crippen LogP contribution in [0.1, 0.15) is 32.8 Å². The summed E-state index contributed by atoms with van der Waals surface area (Å²) >= 11 is -3.85. The molecule has 168 valence electrons. The van der Waals surface area contributed by atoms with Crippen LogP contribution in [-0.4, -0.2) is 9.52 Å². The molecule has 0 N–H and O–H groups in total. The van der Waals surface area contributed by atoms with Crippen molar-refractivity contribution in [2.24, 2.45) is 0 Å². The van der Waals surface area contributed by atoms with Gasteiger partial charge in [-0.25, -0.2) is 0 Å². The average molecular weight is 577 g/mol. The minimum absolute atomic E-state index is 0.125. The molecule has 4 aromatic rings. The van der Waals surface area contributed by atoms with Gasteiger partial charge in [-0.1, -0.05) is 0 Å². The molecule has 34 heavy (non-hydrogen) atoms. The predicted octanol–water partition coefficient (Wildman–Crippen LogP) is 6.32. The van der Waals surface area contributed by atoms with Crippen LogP contribution in [0.2, 0.25) is 0 Å². The summed E-state index contributed by atoms with van der Waals surface area (Å²) in [6, 6.07) is 28.7. The molecule has 1 aliphatic heterocycles. The fourth-order valence-corrected chi connectivity index (χ4v) is 23.2. The molecule has 4 aromatic carbocycles. The fourth-order valence-electron chi connectivity index (χ4n) is 6.03. The standard InChI is InChI=1S/C18H17.C12H9Si.2ClH.Zr/c1-12-10-15-9-8-14(3)18(17(15)11-12)16-7-5-4-6-13(16)2;1-3-7-11-9(5-1)10-6-2-4-8-12(10)13-11;;;/h4-11H,1-3H3;1-7H,13H2;2*1H;/q;;;;+2/p-2. The Bertz CT molecular complexity index is 1500. The monoisotopic (exact) mass is 574 g/mol. The van der Waals surface area contributed by atoms with Gasteiger partial charge in [-0.15, -0.1) is 0 Å². The van der Waals surface area contributed by atoms with Gasteiger partial charge in [0.1, 0.15) is 0 Å². The topological polar surface area (TPSA) is 0 Å². The van der Waals surface area contributed by atoms with E-state index >= 15 is 0 Å². The summed E-state index contributed by atoms with van der Waals surface area (Å²) in [6.45, 7) is 6.64. The van der Waals surface area contributed by atoms with Gasteiger partial charge in [-0.3, -0.25) is 0 Å². The summed E-state index contributed by atoms with van der Waals surface area (Å²) in [6.07, 6.45) is 2.36. The van der Waals surface area contributed by atoms with Crippen molar-refractivity contribution in [1.82, 2.24) is 0 Å². The Morgan fingerprint density at radius 3 is 2.21 bits per heavy atom. The van der Waals surface area contributed by atoms with Crippen LogP contribution in [0.5, 0.6) is 0 Å². The molecule has 0 amide bonds. The molecule has 6 rings (SSSR count). The van der Waals surface area contributed by atoms with Crippen molar-refractivity contribution in [2.75, 3.05) is 0 Å². The number of rotatable bonds is 3. The molecule has 0 saturated carbocycles. The second-order valence-corrected chi connectivity index (χ2v) is 25.5. The molecule has 1 heterocycles. The average Bonchev–Trinajstić information content (AvgIpc) is 3.37. The summed E-state index contributed by atoms with van der Waals surface area (Å²) in [4.78, 5) is 0. The van der Waals surface area contributed by atoms with Crippen LogP contribution in [0.25, 0.3) is 28.3 Å². The van der Waals surface area contributed by atoms with Crippen LogP contribution in [0, 0.1) is 13.8 Å². The second kappa shape index (κ2) is 8.45. The van der Waals surface area contributed by atoms with Gasteiger partial charge in [-0.05, 0) is 0 Å². The first kappa shape index (κ1) is 22.7. The zero-order valence-electron chi connectivity index (χ0n) is 19.6. The maximum atomic E-state index is 7.64. The first-order chi connectivity index (χ1) is 16.4. The van der Waals surface area contributed by atoms with Gasteiger partial charge in [0.25, 0.3) is 0 Å². The van der Waals surface area contributed by atoms with Crippen LogP contribution < -0.4 is 13.6 Å². The zero-order chi connectivity index (χ0) is 23.6. The van der Waals surface area contributed by atoms with Gasteiger partial charge in [0.05, 0.1) is 0 Å². The predicted molar refractivity (Wildman–Crippen MR) is 149 cm³/mol. The van der Waals surface area contributed by atoms with E-state index in [1.807, 2.05) is 0 Å². The molecule has 0 spiro atoms. The van der Waals surface area contributed by atoms with E-state index in [0.29, 0.717) is 0 Å². The molecule has 0 saturated heterocycles. The molecule has 0 aromatic heterocycles. The summed E-state index contributed by atoms with van der Waals surface area (Å²) in [5.74, 6) is 0. The maximum absolute atomic E-state index is 7.64. The van der Waals surface area contributed by atoms with Gasteiger partial charge in [0, 0.05) is 0 Å². The van der Waals surface area contributed by atoms with Crippen molar-refractivity contribution in [2.45, 2.75) is 24.4 Å². The molecule has 0 bridgehead atoms. The third kappa shape index (κ3) is 3.41. The zero-order valence-corrected chi connectivity index (χ0v) is 25.0. The Morgan fingerprint density at radius 2 is 1.41 bits per heavy atom. The molecule has 0 radical (unpaired) electrons. The molecule has 0 nitrogen and oxygen atoms in total. The van der Waals surface area contributed by atoms with Crippen LogP contribution >= 0.6 is 17.0 Å². The molecular formula is C30H26Cl2SiZr. The molecular weight excluding hydrogens is 551 g/mol. The van der Waals surface area contributed by atoms with Gasteiger partial charge >= 0.3 is 217 Å². The van der Waals surface area contributed by atoms with E-state index in [1.54, 1.807) is 0 Å². The van der Waals surface area contributed by atoms with E-state index in [9.17, 15) is 0 Å². The van der Waals surface area contributed by atoms with Crippen molar-refractivity contribution in [1.29, 1.82) is 0 Å². The van der Waals surface area contributed by atoms with Crippen LogP contribution in [0.4, 0.5) is 0 Å². The molecule has 1 aliphatic carbocycles. The third-order valence-corrected chi connectivity index (χ3v) is 22.2. The summed E-state index contributed by atoms with van der Waals surface area (Å²) in [5, 5.41) is 2.99. The quantitative estimate of drug-likeness (QED) is 0.221. The van der Waals surface area contributed by atoms with E-state index < -0.39 is 27.4 Å². The Hall–Kier alpha value is -1.70. The Morgan fingerprint density at radius 1 is 0.706 bits per heavy atom. The number of fused-ring (bicyclic) bond motifs is 4. The Labute approximate surface area is 216 Å². The normalized spacial score (nSPS) is 16.9. The van der Waals surface area contributed by atoms with E-state index in [2.05, 4.69) is 106 Å². The molecule has 4 heteroatoms. The van der Waals surface area contributed by atoms with E-state index in [-0.39, 0.29) is 3.63 Å². The molecule has 2 aliphatic rings. The van der Waals surface area contributed by atoms with Crippen molar-refractivity contribution in [3.63, 3.8) is 0 Å². The molecule has 0 fully saturated rings. The van der Waals surface area contributed by atoms with E-state index in [4.69, 9.17) is 17.0 Å². The van der Waals surface area contributed by atoms with Crippen LogP contribution in [0.15, 0.2) is 84.4 Å². The number of allylic oxidation sites excluding steroid dienone is 1. The summed E-state index contributed by atoms with van der Waals surface area (Å²) < 4.78 is 1.42. The minimum atomic E-state index is -3.85. The Balaban J connectivity index is 1.51. The van der Waals surface area contributed by atoms with Crippen molar-refractivity contribution in [3.05, 3.63) is 107 Å². The number of hydrogen-bond donors (Lipinski definition) is 0. The first-order valence-corrected chi connectivity index (χ1v) is 22.2. The van der Waals surface area contributed by atoms with Gasteiger partial charge < -0.3 is 0 Å². The Kier molecular flexibility index (Phi) is 5.66. The fraction of sp³-hybridized carbons (Fsp3) is 0.133. The summed E-state index contributed by atoms with van der Waals surface area (Å²) in [5.41, 5.74) is 11.9. The van der Waals surface area contributed by atoms with Gasteiger partial charge in [-0.2, -0.15) is 0 Å². The molecule has 1 atom stereocenters. The van der Waals surface area contributed by atoms with Crippen LogP contribution in [-0.2, 0) is 17.9 Å². The van der Waals surface area contributed by atoms with Gasteiger partial charge in [0.15, 0.2) is 0 Å². The first-order valence-electron chi connectivity index (χ1n) is 11.8. The summed E-state index contributed by atoms with van der Waals surface area (Å²) in [7, 11) is 14.7. The number of benzene rings is 4. The third-order valence-electron chi connectivity index (χ3n) is 7.61.